The van der Waals surface area contributed by atoms with Gasteiger partial charge in [-0.05, 0) is 29.2 Å². The summed E-state index contributed by atoms with van der Waals surface area (Å²) >= 11 is 12.1. The smallest absolute Gasteiger partial charge is 0.345 e. The molecule has 3 nitrogen and oxygen atoms in total. The van der Waals surface area contributed by atoms with Crippen LogP contribution in [-0.2, 0) is 11.2 Å². The summed E-state index contributed by atoms with van der Waals surface area (Å²) in [6.45, 7) is 4.07. The molecule has 5 heteroatoms. The monoisotopic (exact) mass is 352 g/mol. The summed E-state index contributed by atoms with van der Waals surface area (Å²) in [4.78, 5) is 11.6. The molecule has 2 aromatic rings. The number of hydrogen-bond acceptors (Lipinski definition) is 2. The predicted molar refractivity (Wildman–Crippen MR) is 92.7 cm³/mol. The van der Waals surface area contributed by atoms with Crippen molar-refractivity contribution < 1.29 is 14.6 Å². The number of ether oxygens (including phenoxy) is 1. The lowest BCUT2D eigenvalue weighted by molar-refractivity contribution is -0.145. The lowest BCUT2D eigenvalue weighted by Gasteiger charge is -2.19. The molecule has 0 unspecified atom stereocenters. The van der Waals surface area contributed by atoms with Crippen LogP contribution in [0.4, 0.5) is 0 Å². The largest absolute Gasteiger partial charge is 0.478 e. The Morgan fingerprint density at radius 3 is 2.48 bits per heavy atom. The van der Waals surface area contributed by atoms with Gasteiger partial charge in [0.25, 0.3) is 0 Å². The standard InChI is InChI=1S/C18H18Cl2O3/c1-11(2)13-7-3-4-9-15(13)23-16(18(21)22)10-12-6-5-8-14(19)17(12)20/h3-9,11,16H,10H2,1-2H3,(H,21,22)/t16-/m0/s1. The summed E-state index contributed by atoms with van der Waals surface area (Å²) in [5, 5.41) is 10.2. The fraction of sp³-hybridized carbons (Fsp3) is 0.278. The van der Waals surface area contributed by atoms with Gasteiger partial charge in [0.05, 0.1) is 10.0 Å². The van der Waals surface area contributed by atoms with Crippen LogP contribution < -0.4 is 4.74 Å². The van der Waals surface area contributed by atoms with Gasteiger partial charge in [-0.15, -0.1) is 0 Å². The van der Waals surface area contributed by atoms with Gasteiger partial charge in [-0.25, -0.2) is 4.79 Å². The van der Waals surface area contributed by atoms with Crippen LogP contribution in [0.15, 0.2) is 42.5 Å². The molecule has 0 spiro atoms. The number of hydrogen-bond donors (Lipinski definition) is 1. The first-order valence-corrected chi connectivity index (χ1v) is 8.07. The number of carboxylic acids is 1. The van der Waals surface area contributed by atoms with Crippen molar-refractivity contribution in [2.45, 2.75) is 32.3 Å². The van der Waals surface area contributed by atoms with Gasteiger partial charge < -0.3 is 9.84 Å². The molecule has 0 amide bonds. The lowest BCUT2D eigenvalue weighted by Crippen LogP contribution is -2.30. The van der Waals surface area contributed by atoms with Crippen LogP contribution >= 0.6 is 23.2 Å². The van der Waals surface area contributed by atoms with Gasteiger partial charge in [-0.3, -0.25) is 0 Å². The van der Waals surface area contributed by atoms with Gasteiger partial charge in [0.2, 0.25) is 0 Å². The van der Waals surface area contributed by atoms with Crippen molar-refractivity contribution in [3.05, 3.63) is 63.6 Å². The summed E-state index contributed by atoms with van der Waals surface area (Å²) in [6.07, 6.45) is -0.896. The number of benzene rings is 2. The second kappa shape index (κ2) is 7.71. The first-order chi connectivity index (χ1) is 10.9. The van der Waals surface area contributed by atoms with E-state index in [1.54, 1.807) is 24.3 Å². The van der Waals surface area contributed by atoms with Crippen LogP contribution in [0.1, 0.15) is 30.9 Å². The number of rotatable bonds is 6. The third kappa shape index (κ3) is 4.40. The molecule has 0 aliphatic heterocycles. The molecule has 1 atom stereocenters. The average molecular weight is 353 g/mol. The minimum absolute atomic E-state index is 0.140. The molecule has 2 aromatic carbocycles. The fourth-order valence-electron chi connectivity index (χ4n) is 2.30. The van der Waals surface area contributed by atoms with Crippen molar-refractivity contribution >= 4 is 29.2 Å². The normalized spacial score (nSPS) is 12.2. The van der Waals surface area contributed by atoms with E-state index in [9.17, 15) is 9.90 Å². The van der Waals surface area contributed by atoms with Gasteiger partial charge in [0.15, 0.2) is 6.10 Å². The van der Waals surface area contributed by atoms with Crippen LogP contribution in [-0.4, -0.2) is 17.2 Å². The Morgan fingerprint density at radius 2 is 1.83 bits per heavy atom. The highest BCUT2D eigenvalue weighted by Gasteiger charge is 2.23. The molecule has 0 heterocycles. The second-order valence-electron chi connectivity index (χ2n) is 5.55. The molecule has 0 aliphatic rings. The molecule has 0 saturated heterocycles. The Balaban J connectivity index is 2.27. The van der Waals surface area contributed by atoms with Crippen molar-refractivity contribution in [1.29, 1.82) is 0 Å². The van der Waals surface area contributed by atoms with E-state index < -0.39 is 12.1 Å². The van der Waals surface area contributed by atoms with Gasteiger partial charge in [-0.1, -0.05) is 67.4 Å². The fourth-order valence-corrected chi connectivity index (χ4v) is 2.70. The molecule has 0 aliphatic carbocycles. The topological polar surface area (TPSA) is 46.5 Å². The van der Waals surface area contributed by atoms with Crippen molar-refractivity contribution in [3.63, 3.8) is 0 Å². The summed E-state index contributed by atoms with van der Waals surface area (Å²) in [7, 11) is 0. The van der Waals surface area contributed by atoms with Crippen LogP contribution in [0.25, 0.3) is 0 Å². The van der Waals surface area contributed by atoms with Crippen molar-refractivity contribution in [3.8, 4) is 5.75 Å². The molecular formula is C18H18Cl2O3. The molecule has 0 aromatic heterocycles. The zero-order chi connectivity index (χ0) is 17.0. The molecule has 2 rings (SSSR count). The summed E-state index contributed by atoms with van der Waals surface area (Å²) in [5.74, 6) is -0.233. The number of aliphatic carboxylic acids is 1. The van der Waals surface area contributed by atoms with Crippen molar-refractivity contribution in [2.24, 2.45) is 0 Å². The molecular weight excluding hydrogens is 335 g/mol. The van der Waals surface area contributed by atoms with Crippen LogP contribution in [0.3, 0.4) is 0 Å². The third-order valence-corrected chi connectivity index (χ3v) is 4.38. The zero-order valence-electron chi connectivity index (χ0n) is 12.9. The number of halogens is 2. The van der Waals surface area contributed by atoms with E-state index in [4.69, 9.17) is 27.9 Å². The highest BCUT2D eigenvalue weighted by molar-refractivity contribution is 6.42. The molecule has 23 heavy (non-hydrogen) atoms. The summed E-state index contributed by atoms with van der Waals surface area (Å²) < 4.78 is 5.77. The SMILES string of the molecule is CC(C)c1ccccc1O[C@@H](Cc1cccc(Cl)c1Cl)C(=O)O. The van der Waals surface area contributed by atoms with Crippen molar-refractivity contribution in [1.82, 2.24) is 0 Å². The highest BCUT2D eigenvalue weighted by atomic mass is 35.5. The Bertz CT molecular complexity index is 698. The molecule has 0 bridgehead atoms. The quantitative estimate of drug-likeness (QED) is 0.777. The minimum atomic E-state index is -1.04. The lowest BCUT2D eigenvalue weighted by atomic mass is 10.0. The van der Waals surface area contributed by atoms with E-state index in [0.717, 1.165) is 5.56 Å². The van der Waals surface area contributed by atoms with E-state index in [-0.39, 0.29) is 12.3 Å². The first kappa shape index (κ1) is 17.6. The zero-order valence-corrected chi connectivity index (χ0v) is 14.4. The first-order valence-electron chi connectivity index (χ1n) is 7.31. The van der Waals surface area contributed by atoms with E-state index in [0.29, 0.717) is 21.4 Å². The molecule has 0 saturated carbocycles. The van der Waals surface area contributed by atoms with Gasteiger partial charge in [-0.2, -0.15) is 0 Å². The van der Waals surface area contributed by atoms with E-state index in [1.807, 2.05) is 32.0 Å². The Hall–Kier alpha value is -1.71. The van der Waals surface area contributed by atoms with Crippen LogP contribution in [0, 0.1) is 0 Å². The van der Waals surface area contributed by atoms with Gasteiger partial charge in [0, 0.05) is 6.42 Å². The molecule has 1 N–H and O–H groups in total. The molecule has 122 valence electrons. The van der Waals surface area contributed by atoms with E-state index in [1.165, 1.54) is 0 Å². The predicted octanol–water partition coefficient (Wildman–Crippen LogP) is 5.19. The molecule has 0 radical (unpaired) electrons. The maximum absolute atomic E-state index is 11.6. The van der Waals surface area contributed by atoms with Gasteiger partial charge >= 0.3 is 5.97 Å². The number of carbonyl (C=O) groups is 1. The van der Waals surface area contributed by atoms with E-state index in [2.05, 4.69) is 0 Å². The summed E-state index contributed by atoms with van der Waals surface area (Å²) in [6, 6.07) is 12.6. The Kier molecular flexibility index (Phi) is 5.91. The van der Waals surface area contributed by atoms with Crippen LogP contribution in [0.2, 0.25) is 10.0 Å². The highest BCUT2D eigenvalue weighted by Crippen LogP contribution is 2.30. The summed E-state index contributed by atoms with van der Waals surface area (Å²) in [5.41, 5.74) is 1.62. The Morgan fingerprint density at radius 1 is 1.13 bits per heavy atom. The van der Waals surface area contributed by atoms with Gasteiger partial charge in [0.1, 0.15) is 5.75 Å². The van der Waals surface area contributed by atoms with Crippen LogP contribution in [0.5, 0.6) is 5.75 Å². The average Bonchev–Trinajstić information content (AvgIpc) is 2.51. The minimum Gasteiger partial charge on any atom is -0.478 e. The number of para-hydroxylation sites is 1. The van der Waals surface area contributed by atoms with Crippen molar-refractivity contribution in [2.75, 3.05) is 0 Å². The molecule has 0 fully saturated rings. The Labute approximate surface area is 145 Å². The third-order valence-electron chi connectivity index (χ3n) is 3.52. The van der Waals surface area contributed by atoms with E-state index >= 15 is 0 Å². The number of carboxylic acid groups (broad SMARTS) is 1. The maximum atomic E-state index is 11.6. The maximum Gasteiger partial charge on any atom is 0.345 e. The second-order valence-corrected chi connectivity index (χ2v) is 6.34.